The molecule has 0 aliphatic heterocycles. The summed E-state index contributed by atoms with van der Waals surface area (Å²) in [6.45, 7) is 3.31. The minimum Gasteiger partial charge on any atom is -0.480 e. The van der Waals surface area contributed by atoms with Crippen molar-refractivity contribution in [1.29, 1.82) is 5.26 Å². The molecule has 8 heteroatoms. The van der Waals surface area contributed by atoms with E-state index in [2.05, 4.69) is 21.1 Å². The lowest BCUT2D eigenvalue weighted by molar-refractivity contribution is -0.137. The van der Waals surface area contributed by atoms with Crippen molar-refractivity contribution in [2.45, 2.75) is 20.4 Å². The van der Waals surface area contributed by atoms with Crippen LogP contribution in [0.5, 0.6) is 0 Å². The maximum Gasteiger partial charge on any atom is 0.325 e. The molecule has 0 amide bonds. The Kier molecular flexibility index (Phi) is 4.37. The zero-order valence-corrected chi connectivity index (χ0v) is 14.3. The lowest BCUT2D eigenvalue weighted by Crippen LogP contribution is -2.11. The number of nitrogens with zero attached hydrogens (tertiary/aromatic N) is 5. The van der Waals surface area contributed by atoms with Crippen LogP contribution in [0.1, 0.15) is 17.0 Å². The number of carboxylic acids is 1. The zero-order chi connectivity index (χ0) is 18.8. The fourth-order valence-corrected chi connectivity index (χ4v) is 2.91. The zero-order valence-electron chi connectivity index (χ0n) is 14.3. The lowest BCUT2D eigenvalue weighted by atomic mass is 9.99. The van der Waals surface area contributed by atoms with E-state index in [0.29, 0.717) is 28.2 Å². The molecule has 130 valence electrons. The number of nitriles is 1. The van der Waals surface area contributed by atoms with Gasteiger partial charge >= 0.3 is 5.97 Å². The molecule has 0 aliphatic rings. The van der Waals surface area contributed by atoms with Gasteiger partial charge in [0.2, 0.25) is 0 Å². The summed E-state index contributed by atoms with van der Waals surface area (Å²) < 4.78 is 1.41. The number of nitrogens with two attached hydrogens (primary N) is 1. The van der Waals surface area contributed by atoms with Crippen molar-refractivity contribution in [2.24, 2.45) is 0 Å². The van der Waals surface area contributed by atoms with Crippen LogP contribution >= 0.6 is 0 Å². The molecule has 0 fully saturated rings. The molecule has 3 N–H and O–H groups in total. The predicted molar refractivity (Wildman–Crippen MR) is 94.9 cm³/mol. The Labute approximate surface area is 149 Å². The second-order valence-corrected chi connectivity index (χ2v) is 5.77. The van der Waals surface area contributed by atoms with E-state index < -0.39 is 5.97 Å². The van der Waals surface area contributed by atoms with E-state index in [1.807, 2.05) is 6.07 Å². The number of hydrogen-bond acceptors (Lipinski definition) is 6. The molecule has 0 radical (unpaired) electrons. The molecular weight excluding hydrogens is 332 g/mol. The summed E-state index contributed by atoms with van der Waals surface area (Å²) in [5.41, 5.74) is 10.2. The van der Waals surface area contributed by atoms with Crippen molar-refractivity contribution < 1.29 is 9.90 Å². The lowest BCUT2D eigenvalue weighted by Gasteiger charge is -2.10. The van der Waals surface area contributed by atoms with Crippen LogP contribution in [0.3, 0.4) is 0 Å². The fourth-order valence-electron chi connectivity index (χ4n) is 2.91. The molecule has 0 saturated carbocycles. The number of aryl methyl sites for hydroxylation is 1. The van der Waals surface area contributed by atoms with Crippen molar-refractivity contribution in [3.05, 3.63) is 47.5 Å². The molecule has 0 aliphatic carbocycles. The van der Waals surface area contributed by atoms with E-state index in [0.717, 1.165) is 5.56 Å². The Hall–Kier alpha value is -3.73. The van der Waals surface area contributed by atoms with Crippen molar-refractivity contribution in [2.75, 3.05) is 5.73 Å². The number of rotatable bonds is 4. The molecule has 3 heterocycles. The van der Waals surface area contributed by atoms with Gasteiger partial charge in [-0.3, -0.25) is 14.5 Å². The van der Waals surface area contributed by atoms with Gasteiger partial charge in [-0.25, -0.2) is 4.98 Å². The number of carbonyl (C=O) groups is 1. The Morgan fingerprint density at radius 1 is 1.42 bits per heavy atom. The highest BCUT2D eigenvalue weighted by atomic mass is 16.4. The van der Waals surface area contributed by atoms with Crippen molar-refractivity contribution in [3.8, 4) is 28.5 Å². The molecule has 0 bridgehead atoms. The van der Waals surface area contributed by atoms with Gasteiger partial charge in [0.1, 0.15) is 24.0 Å². The first-order chi connectivity index (χ1) is 12.4. The topological polar surface area (TPSA) is 131 Å². The summed E-state index contributed by atoms with van der Waals surface area (Å²) in [4.78, 5) is 19.5. The number of carboxylic acid groups (broad SMARTS) is 1. The molecule has 3 aromatic rings. The quantitative estimate of drug-likeness (QED) is 0.738. The molecule has 3 rings (SSSR count). The Balaban J connectivity index is 2.22. The van der Waals surface area contributed by atoms with Crippen LogP contribution < -0.4 is 5.73 Å². The molecule has 8 nitrogen and oxygen atoms in total. The molecule has 0 saturated heterocycles. The summed E-state index contributed by atoms with van der Waals surface area (Å²) in [6.07, 6.45) is 3.29. The highest BCUT2D eigenvalue weighted by molar-refractivity contribution is 5.81. The number of aromatic nitrogens is 4. The van der Waals surface area contributed by atoms with Crippen molar-refractivity contribution in [1.82, 2.24) is 19.7 Å². The van der Waals surface area contributed by atoms with Crippen LogP contribution in [0.4, 0.5) is 5.82 Å². The van der Waals surface area contributed by atoms with Crippen LogP contribution in [-0.4, -0.2) is 30.8 Å². The SMILES string of the molecule is Cc1nn(CC(=O)O)c(C)c1-c1cc(-c2cccnc2)c(C#N)c(N)n1. The second-order valence-electron chi connectivity index (χ2n) is 5.77. The van der Waals surface area contributed by atoms with Gasteiger partial charge in [-0.1, -0.05) is 6.07 Å². The Morgan fingerprint density at radius 2 is 2.19 bits per heavy atom. The highest BCUT2D eigenvalue weighted by Crippen LogP contribution is 2.33. The first-order valence-corrected chi connectivity index (χ1v) is 7.79. The van der Waals surface area contributed by atoms with E-state index in [1.54, 1.807) is 38.4 Å². The summed E-state index contributed by atoms with van der Waals surface area (Å²) in [5, 5.41) is 22.8. The highest BCUT2D eigenvalue weighted by Gasteiger charge is 2.20. The summed E-state index contributed by atoms with van der Waals surface area (Å²) in [7, 11) is 0. The molecular formula is C18H16N6O2. The number of hydrogen-bond donors (Lipinski definition) is 2. The van der Waals surface area contributed by atoms with Gasteiger partial charge in [0.05, 0.1) is 11.4 Å². The van der Waals surface area contributed by atoms with E-state index in [4.69, 9.17) is 10.8 Å². The van der Waals surface area contributed by atoms with Gasteiger partial charge in [0.25, 0.3) is 0 Å². The number of anilines is 1. The first-order valence-electron chi connectivity index (χ1n) is 7.79. The van der Waals surface area contributed by atoms with Gasteiger partial charge in [-0.05, 0) is 26.0 Å². The second kappa shape index (κ2) is 6.64. The summed E-state index contributed by atoms with van der Waals surface area (Å²) in [6, 6.07) is 7.45. The van der Waals surface area contributed by atoms with Crippen LogP contribution in [0.2, 0.25) is 0 Å². The fraction of sp³-hybridized carbons (Fsp3) is 0.167. The molecule has 0 atom stereocenters. The Bertz CT molecular complexity index is 1030. The van der Waals surface area contributed by atoms with E-state index in [9.17, 15) is 10.1 Å². The van der Waals surface area contributed by atoms with Crippen molar-refractivity contribution >= 4 is 11.8 Å². The minimum atomic E-state index is -0.981. The number of aliphatic carboxylic acids is 1. The molecule has 0 spiro atoms. The third-order valence-electron chi connectivity index (χ3n) is 4.05. The van der Waals surface area contributed by atoms with Gasteiger partial charge in [0, 0.05) is 34.8 Å². The Morgan fingerprint density at radius 3 is 2.81 bits per heavy atom. The standard InChI is InChI=1S/C18H16N6O2/c1-10-17(11(2)24(23-10)9-16(25)26)15-6-13(12-4-3-5-21-8-12)14(7-19)18(20)22-15/h3-6,8H,9H2,1-2H3,(H2,20,22)(H,25,26). The van der Waals surface area contributed by atoms with E-state index >= 15 is 0 Å². The van der Waals surface area contributed by atoms with Crippen molar-refractivity contribution in [3.63, 3.8) is 0 Å². The van der Waals surface area contributed by atoms with Crippen LogP contribution in [0.15, 0.2) is 30.6 Å². The average molecular weight is 348 g/mol. The first kappa shape index (κ1) is 17.1. The number of nitrogen functional groups attached to an aromatic ring is 1. The summed E-state index contributed by atoms with van der Waals surface area (Å²) >= 11 is 0. The van der Waals surface area contributed by atoms with Gasteiger partial charge in [-0.2, -0.15) is 10.4 Å². The van der Waals surface area contributed by atoms with Crippen LogP contribution in [-0.2, 0) is 11.3 Å². The van der Waals surface area contributed by atoms with Gasteiger partial charge in [-0.15, -0.1) is 0 Å². The number of pyridine rings is 2. The molecule has 3 aromatic heterocycles. The smallest absolute Gasteiger partial charge is 0.325 e. The molecule has 0 unspecified atom stereocenters. The predicted octanol–water partition coefficient (Wildman–Crippen LogP) is 2.16. The van der Waals surface area contributed by atoms with E-state index in [-0.39, 0.29) is 17.9 Å². The van der Waals surface area contributed by atoms with E-state index in [1.165, 1.54) is 4.68 Å². The van der Waals surface area contributed by atoms with Gasteiger partial charge < -0.3 is 10.8 Å². The monoisotopic (exact) mass is 348 g/mol. The maximum atomic E-state index is 11.0. The summed E-state index contributed by atoms with van der Waals surface area (Å²) in [5.74, 6) is -0.876. The normalized spacial score (nSPS) is 10.5. The molecule has 26 heavy (non-hydrogen) atoms. The third-order valence-corrected chi connectivity index (χ3v) is 4.05. The van der Waals surface area contributed by atoms with Crippen LogP contribution in [0, 0.1) is 25.2 Å². The largest absolute Gasteiger partial charge is 0.480 e. The molecule has 0 aromatic carbocycles. The maximum absolute atomic E-state index is 11.0. The van der Waals surface area contributed by atoms with Crippen LogP contribution in [0.25, 0.3) is 22.4 Å². The third kappa shape index (κ3) is 2.98. The van der Waals surface area contributed by atoms with Gasteiger partial charge in [0.15, 0.2) is 0 Å². The average Bonchev–Trinajstić information content (AvgIpc) is 2.88. The minimum absolute atomic E-state index is 0.105.